The van der Waals surface area contributed by atoms with Gasteiger partial charge in [0.05, 0.1) is 10.0 Å². The molecule has 3 N–H and O–H groups in total. The van der Waals surface area contributed by atoms with Crippen LogP contribution in [0.5, 0.6) is 0 Å². The van der Waals surface area contributed by atoms with Crippen molar-refractivity contribution in [3.63, 3.8) is 0 Å². The van der Waals surface area contributed by atoms with Gasteiger partial charge in [-0.05, 0) is 23.8 Å². The second-order valence-electron chi connectivity index (χ2n) is 3.99. The van der Waals surface area contributed by atoms with E-state index in [-0.39, 0.29) is 5.91 Å². The van der Waals surface area contributed by atoms with Crippen LogP contribution in [0.25, 0.3) is 0 Å². The van der Waals surface area contributed by atoms with E-state index in [1.54, 1.807) is 12.1 Å². The summed E-state index contributed by atoms with van der Waals surface area (Å²) in [6.07, 6.45) is 0. The van der Waals surface area contributed by atoms with E-state index in [1.165, 1.54) is 11.8 Å². The highest BCUT2D eigenvalue weighted by Crippen LogP contribution is 2.37. The normalized spacial score (nSPS) is 11.9. The van der Waals surface area contributed by atoms with Crippen molar-refractivity contribution < 1.29 is 4.79 Å². The molecular formula is C14H12Cl2N2OS. The summed E-state index contributed by atoms with van der Waals surface area (Å²) in [5.41, 5.74) is 3.06. The van der Waals surface area contributed by atoms with Gasteiger partial charge in [-0.2, -0.15) is 0 Å². The van der Waals surface area contributed by atoms with Gasteiger partial charge in [0.1, 0.15) is 5.25 Å². The standard InChI is InChI=1S/C14H12Cl2N2OS/c15-11-7-6-10(8-12(11)16)20-13(14(19)18-17)9-4-2-1-3-5-9/h1-8,13H,17H2,(H,18,19). The zero-order valence-electron chi connectivity index (χ0n) is 10.3. The highest BCUT2D eigenvalue weighted by atomic mass is 35.5. The molecule has 2 aromatic carbocycles. The highest BCUT2D eigenvalue weighted by molar-refractivity contribution is 8.00. The van der Waals surface area contributed by atoms with Crippen LogP contribution in [0.3, 0.4) is 0 Å². The Bertz CT molecular complexity index is 607. The van der Waals surface area contributed by atoms with Crippen LogP contribution in [-0.2, 0) is 4.79 Å². The molecule has 0 aliphatic carbocycles. The molecule has 1 amide bonds. The molecule has 1 unspecified atom stereocenters. The van der Waals surface area contributed by atoms with Crippen molar-refractivity contribution in [3.8, 4) is 0 Å². The Labute approximate surface area is 131 Å². The Morgan fingerprint density at radius 2 is 1.80 bits per heavy atom. The molecule has 0 aliphatic rings. The number of rotatable bonds is 4. The molecule has 20 heavy (non-hydrogen) atoms. The van der Waals surface area contributed by atoms with E-state index in [1.807, 2.05) is 36.4 Å². The molecule has 0 bridgehead atoms. The van der Waals surface area contributed by atoms with E-state index in [9.17, 15) is 4.79 Å². The summed E-state index contributed by atoms with van der Waals surface area (Å²) in [6.45, 7) is 0. The molecular weight excluding hydrogens is 315 g/mol. The predicted molar refractivity (Wildman–Crippen MR) is 83.8 cm³/mol. The lowest BCUT2D eigenvalue weighted by Gasteiger charge is -2.15. The van der Waals surface area contributed by atoms with Crippen LogP contribution in [0.1, 0.15) is 10.8 Å². The van der Waals surface area contributed by atoms with Gasteiger partial charge in [0.25, 0.3) is 5.91 Å². The van der Waals surface area contributed by atoms with E-state index >= 15 is 0 Å². The first-order valence-electron chi connectivity index (χ1n) is 5.79. The maximum Gasteiger partial charge on any atom is 0.251 e. The minimum atomic E-state index is -0.446. The first-order valence-corrected chi connectivity index (χ1v) is 7.42. The Morgan fingerprint density at radius 1 is 1.10 bits per heavy atom. The molecule has 0 fully saturated rings. The molecule has 0 spiro atoms. The molecule has 0 aromatic heterocycles. The number of thioether (sulfide) groups is 1. The second-order valence-corrected chi connectivity index (χ2v) is 5.99. The summed E-state index contributed by atoms with van der Waals surface area (Å²) in [7, 11) is 0. The monoisotopic (exact) mass is 326 g/mol. The number of carbonyl (C=O) groups excluding carboxylic acids is 1. The lowest BCUT2D eigenvalue weighted by Crippen LogP contribution is -2.33. The average molecular weight is 327 g/mol. The van der Waals surface area contributed by atoms with E-state index in [4.69, 9.17) is 29.0 Å². The molecule has 0 saturated heterocycles. The molecule has 0 heterocycles. The molecule has 3 nitrogen and oxygen atoms in total. The zero-order valence-corrected chi connectivity index (χ0v) is 12.7. The van der Waals surface area contributed by atoms with Gasteiger partial charge >= 0.3 is 0 Å². The molecule has 2 rings (SSSR count). The second kappa shape index (κ2) is 6.99. The Hall–Kier alpha value is -1.20. The molecule has 1 atom stereocenters. The third kappa shape index (κ3) is 3.67. The van der Waals surface area contributed by atoms with Crippen LogP contribution in [-0.4, -0.2) is 5.91 Å². The maximum absolute atomic E-state index is 12.0. The van der Waals surface area contributed by atoms with Crippen molar-refractivity contribution in [2.45, 2.75) is 10.1 Å². The summed E-state index contributed by atoms with van der Waals surface area (Å²) in [6, 6.07) is 14.7. The van der Waals surface area contributed by atoms with Crippen LogP contribution < -0.4 is 11.3 Å². The Morgan fingerprint density at radius 3 is 2.40 bits per heavy atom. The van der Waals surface area contributed by atoms with Gasteiger partial charge in [-0.15, -0.1) is 11.8 Å². The fourth-order valence-corrected chi connectivity index (χ4v) is 3.10. The fourth-order valence-electron chi connectivity index (χ4n) is 1.66. The number of halogens is 2. The van der Waals surface area contributed by atoms with Crippen molar-refractivity contribution in [1.82, 2.24) is 5.43 Å². The van der Waals surface area contributed by atoms with E-state index < -0.39 is 5.25 Å². The van der Waals surface area contributed by atoms with Crippen LogP contribution in [0.4, 0.5) is 0 Å². The molecule has 0 saturated carbocycles. The van der Waals surface area contributed by atoms with Crippen LogP contribution in [0.2, 0.25) is 10.0 Å². The predicted octanol–water partition coefficient (Wildman–Crippen LogP) is 3.82. The van der Waals surface area contributed by atoms with Gasteiger partial charge in [0.2, 0.25) is 0 Å². The number of benzene rings is 2. The number of hydrogen-bond acceptors (Lipinski definition) is 3. The molecule has 0 aliphatic heterocycles. The smallest absolute Gasteiger partial charge is 0.251 e. The van der Waals surface area contributed by atoms with Gasteiger partial charge in [-0.25, -0.2) is 5.84 Å². The van der Waals surface area contributed by atoms with Crippen molar-refractivity contribution in [2.24, 2.45) is 5.84 Å². The molecule has 2 aromatic rings. The topological polar surface area (TPSA) is 55.1 Å². The molecule has 0 radical (unpaired) electrons. The van der Waals surface area contributed by atoms with Gasteiger partial charge in [0.15, 0.2) is 0 Å². The summed E-state index contributed by atoms with van der Waals surface area (Å²) in [4.78, 5) is 12.8. The number of carbonyl (C=O) groups is 1. The van der Waals surface area contributed by atoms with Crippen LogP contribution >= 0.6 is 35.0 Å². The lowest BCUT2D eigenvalue weighted by atomic mass is 10.1. The Kier molecular flexibility index (Phi) is 5.31. The van der Waals surface area contributed by atoms with Gasteiger partial charge in [-0.3, -0.25) is 10.2 Å². The average Bonchev–Trinajstić information content (AvgIpc) is 2.48. The number of amides is 1. The number of hydrogen-bond donors (Lipinski definition) is 2. The summed E-state index contributed by atoms with van der Waals surface area (Å²) in [5.74, 6) is 4.99. The van der Waals surface area contributed by atoms with E-state index in [2.05, 4.69) is 5.43 Å². The van der Waals surface area contributed by atoms with E-state index in [0.29, 0.717) is 10.0 Å². The minimum absolute atomic E-state index is 0.271. The summed E-state index contributed by atoms with van der Waals surface area (Å²) in [5, 5.41) is 0.491. The van der Waals surface area contributed by atoms with Crippen molar-refractivity contribution in [3.05, 3.63) is 64.1 Å². The number of nitrogens with one attached hydrogen (secondary N) is 1. The van der Waals surface area contributed by atoms with E-state index in [0.717, 1.165) is 10.5 Å². The summed E-state index contributed by atoms with van der Waals surface area (Å²) >= 11 is 13.2. The fraction of sp³-hybridized carbons (Fsp3) is 0.0714. The van der Waals surface area contributed by atoms with Crippen LogP contribution in [0, 0.1) is 0 Å². The van der Waals surface area contributed by atoms with Crippen molar-refractivity contribution in [1.29, 1.82) is 0 Å². The van der Waals surface area contributed by atoms with Gasteiger partial charge in [-0.1, -0.05) is 53.5 Å². The van der Waals surface area contributed by atoms with Crippen LogP contribution in [0.15, 0.2) is 53.4 Å². The number of hydrazine groups is 1. The first kappa shape index (κ1) is 15.2. The maximum atomic E-state index is 12.0. The van der Waals surface area contributed by atoms with Gasteiger partial charge < -0.3 is 0 Å². The number of nitrogens with two attached hydrogens (primary N) is 1. The van der Waals surface area contributed by atoms with Crippen molar-refractivity contribution >= 4 is 40.9 Å². The minimum Gasteiger partial charge on any atom is -0.293 e. The third-order valence-electron chi connectivity index (χ3n) is 2.63. The zero-order chi connectivity index (χ0) is 14.5. The third-order valence-corrected chi connectivity index (χ3v) is 4.61. The SMILES string of the molecule is NNC(=O)C(Sc1ccc(Cl)c(Cl)c1)c1ccccc1. The van der Waals surface area contributed by atoms with Gasteiger partial charge in [0, 0.05) is 4.90 Å². The summed E-state index contributed by atoms with van der Waals surface area (Å²) < 4.78 is 0. The molecule has 6 heteroatoms. The van der Waals surface area contributed by atoms with Crippen molar-refractivity contribution in [2.75, 3.05) is 0 Å². The molecule has 104 valence electrons. The lowest BCUT2D eigenvalue weighted by molar-refractivity contribution is -0.120. The first-order chi connectivity index (χ1) is 9.61. The Balaban J connectivity index is 2.28. The largest absolute Gasteiger partial charge is 0.293 e. The quantitative estimate of drug-likeness (QED) is 0.388. The highest BCUT2D eigenvalue weighted by Gasteiger charge is 2.21.